The quantitative estimate of drug-likeness (QED) is 0.777. The van der Waals surface area contributed by atoms with Gasteiger partial charge in [-0.05, 0) is 38.6 Å². The van der Waals surface area contributed by atoms with Crippen LogP contribution in [0.4, 0.5) is 0 Å². The van der Waals surface area contributed by atoms with Gasteiger partial charge in [-0.1, -0.05) is 6.92 Å². The molecule has 2 fully saturated rings. The van der Waals surface area contributed by atoms with E-state index in [1.165, 1.54) is 13.8 Å². The Bertz CT molecular complexity index is 436. The van der Waals surface area contributed by atoms with E-state index in [0.29, 0.717) is 6.54 Å². The summed E-state index contributed by atoms with van der Waals surface area (Å²) in [5, 5.41) is 3.26. The molecule has 1 N–H and O–H groups in total. The van der Waals surface area contributed by atoms with Crippen molar-refractivity contribution in [1.82, 2.24) is 9.62 Å². The minimum atomic E-state index is -3.43. The number of hydrogen-bond donors (Lipinski definition) is 1. The maximum atomic E-state index is 12.0. The molecule has 2 rings (SSSR count). The second-order valence-corrected chi connectivity index (χ2v) is 8.33. The first-order valence-corrected chi connectivity index (χ1v) is 7.42. The molecule has 2 aliphatic heterocycles. The lowest BCUT2D eigenvalue weighted by molar-refractivity contribution is -0.133. The summed E-state index contributed by atoms with van der Waals surface area (Å²) in [5.74, 6) is -0.274. The summed E-state index contributed by atoms with van der Waals surface area (Å²) in [6, 6.07) is 0. The van der Waals surface area contributed by atoms with E-state index in [0.717, 1.165) is 30.2 Å². The van der Waals surface area contributed by atoms with Crippen molar-refractivity contribution in [2.24, 2.45) is 5.41 Å². The number of nitrogens with zero attached hydrogens (tertiary/aromatic N) is 1. The fourth-order valence-electron chi connectivity index (χ4n) is 2.51. The summed E-state index contributed by atoms with van der Waals surface area (Å²) in [4.78, 5) is 11.8. The molecular weight excluding hydrogens is 240 g/mol. The van der Waals surface area contributed by atoms with E-state index >= 15 is 0 Å². The summed E-state index contributed by atoms with van der Waals surface area (Å²) in [6.45, 7) is 7.04. The molecule has 6 heteroatoms. The number of rotatable bonds is 2. The molecule has 0 aromatic heterocycles. The normalized spacial score (nSPS) is 35.5. The molecule has 2 saturated heterocycles. The van der Waals surface area contributed by atoms with E-state index in [-0.39, 0.29) is 11.3 Å². The molecule has 1 atom stereocenters. The fourth-order valence-corrected chi connectivity index (χ4v) is 4.19. The first-order chi connectivity index (χ1) is 7.71. The first kappa shape index (κ1) is 12.8. The third-order valence-electron chi connectivity index (χ3n) is 3.89. The predicted octanol–water partition coefficient (Wildman–Crippen LogP) is 0.327. The van der Waals surface area contributed by atoms with Gasteiger partial charge in [-0.3, -0.25) is 4.79 Å². The van der Waals surface area contributed by atoms with E-state index in [2.05, 4.69) is 5.32 Å². The SMILES string of the molecule is CC1(CN2C(=O)C(C)(C)S2(=O)=O)CCCNC1. The molecule has 1 amide bonds. The Morgan fingerprint density at radius 1 is 1.35 bits per heavy atom. The van der Waals surface area contributed by atoms with Crippen molar-refractivity contribution in [2.45, 2.75) is 38.4 Å². The number of amides is 1. The molecule has 0 radical (unpaired) electrons. The van der Waals surface area contributed by atoms with Gasteiger partial charge in [-0.25, -0.2) is 12.7 Å². The second kappa shape index (κ2) is 3.68. The summed E-state index contributed by atoms with van der Waals surface area (Å²) in [7, 11) is -3.43. The van der Waals surface area contributed by atoms with Crippen LogP contribution in [-0.2, 0) is 14.8 Å². The molecule has 0 bridgehead atoms. The van der Waals surface area contributed by atoms with Crippen molar-refractivity contribution in [3.8, 4) is 0 Å². The molecule has 2 heterocycles. The van der Waals surface area contributed by atoms with Crippen LogP contribution < -0.4 is 5.32 Å². The van der Waals surface area contributed by atoms with E-state index < -0.39 is 14.8 Å². The van der Waals surface area contributed by atoms with Crippen LogP contribution in [0.25, 0.3) is 0 Å². The van der Waals surface area contributed by atoms with Crippen molar-refractivity contribution in [3.05, 3.63) is 0 Å². The largest absolute Gasteiger partial charge is 0.316 e. The van der Waals surface area contributed by atoms with E-state index in [1.54, 1.807) is 0 Å². The van der Waals surface area contributed by atoms with Crippen LogP contribution in [0.15, 0.2) is 0 Å². The van der Waals surface area contributed by atoms with Crippen molar-refractivity contribution < 1.29 is 13.2 Å². The Morgan fingerprint density at radius 3 is 2.47 bits per heavy atom. The summed E-state index contributed by atoms with van der Waals surface area (Å²) in [5.41, 5.74) is -0.127. The molecule has 5 nitrogen and oxygen atoms in total. The number of piperidine rings is 1. The average Bonchev–Trinajstić information content (AvgIpc) is 2.25. The van der Waals surface area contributed by atoms with Crippen LogP contribution in [0.1, 0.15) is 33.6 Å². The third kappa shape index (κ3) is 1.78. The van der Waals surface area contributed by atoms with Gasteiger partial charge in [0.05, 0.1) is 0 Å². The number of carbonyl (C=O) groups excluding carboxylic acids is 1. The molecule has 0 saturated carbocycles. The maximum absolute atomic E-state index is 12.0. The number of hydrogen-bond acceptors (Lipinski definition) is 4. The Kier molecular flexibility index (Phi) is 2.78. The van der Waals surface area contributed by atoms with Crippen LogP contribution >= 0.6 is 0 Å². The summed E-state index contributed by atoms with van der Waals surface area (Å²) in [6.07, 6.45) is 1.99. The lowest BCUT2D eigenvalue weighted by Gasteiger charge is -2.47. The smallest absolute Gasteiger partial charge is 0.258 e. The summed E-state index contributed by atoms with van der Waals surface area (Å²) >= 11 is 0. The Labute approximate surface area is 103 Å². The molecule has 0 spiro atoms. The fraction of sp³-hybridized carbons (Fsp3) is 0.909. The highest BCUT2D eigenvalue weighted by molar-refractivity contribution is 7.94. The molecular formula is C11H20N2O3S. The number of carbonyl (C=O) groups is 1. The Balaban J connectivity index is 2.13. The van der Waals surface area contributed by atoms with Gasteiger partial charge in [-0.2, -0.15) is 0 Å². The lowest BCUT2D eigenvalue weighted by atomic mass is 9.82. The van der Waals surface area contributed by atoms with Gasteiger partial charge in [0.25, 0.3) is 15.9 Å². The van der Waals surface area contributed by atoms with E-state index in [4.69, 9.17) is 0 Å². The Morgan fingerprint density at radius 2 is 2.00 bits per heavy atom. The zero-order valence-corrected chi connectivity index (χ0v) is 11.4. The van der Waals surface area contributed by atoms with Gasteiger partial charge in [0.15, 0.2) is 4.75 Å². The lowest BCUT2D eigenvalue weighted by Crippen LogP contribution is -2.69. The molecule has 0 aliphatic carbocycles. The van der Waals surface area contributed by atoms with Gasteiger partial charge in [0, 0.05) is 13.1 Å². The minimum Gasteiger partial charge on any atom is -0.316 e. The molecule has 0 aromatic rings. The third-order valence-corrected chi connectivity index (χ3v) is 6.23. The van der Waals surface area contributed by atoms with Crippen molar-refractivity contribution in [3.63, 3.8) is 0 Å². The molecule has 1 unspecified atom stereocenters. The maximum Gasteiger partial charge on any atom is 0.258 e. The zero-order valence-electron chi connectivity index (χ0n) is 10.6. The van der Waals surface area contributed by atoms with Crippen molar-refractivity contribution >= 4 is 15.9 Å². The standard InChI is InChI=1S/C11H20N2O3S/c1-10(2)9(14)13(17(10,15)16)8-11(3)5-4-6-12-7-11/h12H,4-8H2,1-3H3. The number of sulfonamides is 1. The minimum absolute atomic E-state index is 0.127. The topological polar surface area (TPSA) is 66.5 Å². The molecule has 0 aromatic carbocycles. The van der Waals surface area contributed by atoms with Gasteiger partial charge in [-0.15, -0.1) is 0 Å². The van der Waals surface area contributed by atoms with Gasteiger partial charge < -0.3 is 5.32 Å². The van der Waals surface area contributed by atoms with Gasteiger partial charge in [0.1, 0.15) is 0 Å². The molecule has 17 heavy (non-hydrogen) atoms. The highest BCUT2D eigenvalue weighted by Gasteiger charge is 2.61. The van der Waals surface area contributed by atoms with Crippen LogP contribution in [0.2, 0.25) is 0 Å². The van der Waals surface area contributed by atoms with E-state index in [9.17, 15) is 13.2 Å². The Hall–Kier alpha value is -0.620. The predicted molar refractivity (Wildman–Crippen MR) is 64.9 cm³/mol. The van der Waals surface area contributed by atoms with Gasteiger partial charge in [0.2, 0.25) is 0 Å². The van der Waals surface area contributed by atoms with Gasteiger partial charge >= 0.3 is 0 Å². The van der Waals surface area contributed by atoms with Crippen LogP contribution in [0, 0.1) is 5.41 Å². The molecule has 98 valence electrons. The average molecular weight is 260 g/mol. The van der Waals surface area contributed by atoms with Crippen LogP contribution in [0.5, 0.6) is 0 Å². The van der Waals surface area contributed by atoms with Crippen LogP contribution in [-0.4, -0.2) is 43.0 Å². The monoisotopic (exact) mass is 260 g/mol. The summed E-state index contributed by atoms with van der Waals surface area (Å²) < 4.78 is 23.8. The highest BCUT2D eigenvalue weighted by atomic mass is 32.2. The zero-order chi connectivity index (χ0) is 12.9. The van der Waals surface area contributed by atoms with Crippen molar-refractivity contribution in [2.75, 3.05) is 19.6 Å². The highest BCUT2D eigenvalue weighted by Crippen LogP contribution is 2.38. The number of nitrogens with one attached hydrogen (secondary N) is 1. The van der Waals surface area contributed by atoms with Crippen molar-refractivity contribution in [1.29, 1.82) is 0 Å². The van der Waals surface area contributed by atoms with E-state index in [1.807, 2.05) is 6.92 Å². The second-order valence-electron chi connectivity index (χ2n) is 5.92. The van der Waals surface area contributed by atoms with Crippen LogP contribution in [0.3, 0.4) is 0 Å². The molecule has 2 aliphatic rings. The first-order valence-electron chi connectivity index (χ1n) is 5.98.